The van der Waals surface area contributed by atoms with Gasteiger partial charge in [-0.05, 0) is 36.4 Å². The number of hydrogen-bond donors (Lipinski definition) is 1. The number of ether oxygens (including phenoxy) is 2. The summed E-state index contributed by atoms with van der Waals surface area (Å²) in [5.41, 5.74) is 0. The average Bonchev–Trinajstić information content (AvgIpc) is 3.28. The number of benzene rings is 1. The molecule has 130 valence electrons. The summed E-state index contributed by atoms with van der Waals surface area (Å²) < 4.78 is 11.4. The van der Waals surface area contributed by atoms with Gasteiger partial charge in [0.15, 0.2) is 0 Å². The SMILES string of the molecule is OC(COc1ccccc1)CN(Cc1cccs1)CC1CCCO1. The fourth-order valence-corrected chi connectivity index (χ4v) is 3.71. The first-order valence-corrected chi connectivity index (χ1v) is 9.40. The fraction of sp³-hybridized carbons (Fsp3) is 0.474. The van der Waals surface area contributed by atoms with Crippen molar-refractivity contribution in [3.63, 3.8) is 0 Å². The molecule has 0 saturated carbocycles. The average molecular weight is 347 g/mol. The number of thiophene rings is 1. The second-order valence-corrected chi connectivity index (χ2v) is 7.22. The van der Waals surface area contributed by atoms with Gasteiger partial charge in [-0.15, -0.1) is 11.3 Å². The maximum absolute atomic E-state index is 10.4. The van der Waals surface area contributed by atoms with Crippen LogP contribution in [-0.4, -0.2) is 48.5 Å². The van der Waals surface area contributed by atoms with Gasteiger partial charge in [0.1, 0.15) is 18.5 Å². The maximum Gasteiger partial charge on any atom is 0.119 e. The molecule has 0 bridgehead atoms. The zero-order valence-electron chi connectivity index (χ0n) is 13.8. The topological polar surface area (TPSA) is 41.9 Å². The van der Waals surface area contributed by atoms with Crippen LogP contribution in [0.4, 0.5) is 0 Å². The second-order valence-electron chi connectivity index (χ2n) is 6.19. The molecule has 1 aliphatic heterocycles. The lowest BCUT2D eigenvalue weighted by molar-refractivity contribution is 0.0317. The zero-order valence-corrected chi connectivity index (χ0v) is 14.7. The second kappa shape index (κ2) is 9.18. The summed E-state index contributed by atoms with van der Waals surface area (Å²) in [6.45, 7) is 3.46. The summed E-state index contributed by atoms with van der Waals surface area (Å²) >= 11 is 1.75. The Kier molecular flexibility index (Phi) is 6.66. The number of nitrogens with zero attached hydrogens (tertiary/aromatic N) is 1. The number of rotatable bonds is 9. The Balaban J connectivity index is 1.51. The predicted molar refractivity (Wildman–Crippen MR) is 96.5 cm³/mol. The molecule has 0 amide bonds. The molecule has 1 fully saturated rings. The van der Waals surface area contributed by atoms with Crippen molar-refractivity contribution in [3.05, 3.63) is 52.7 Å². The first-order valence-electron chi connectivity index (χ1n) is 8.52. The highest BCUT2D eigenvalue weighted by Crippen LogP contribution is 2.17. The van der Waals surface area contributed by atoms with E-state index in [2.05, 4.69) is 22.4 Å². The zero-order chi connectivity index (χ0) is 16.6. The molecule has 2 aromatic rings. The minimum atomic E-state index is -0.522. The Bertz CT molecular complexity index is 570. The number of aliphatic hydroxyl groups excluding tert-OH is 1. The van der Waals surface area contributed by atoms with Crippen LogP contribution in [0.3, 0.4) is 0 Å². The molecule has 2 heterocycles. The van der Waals surface area contributed by atoms with Crippen molar-refractivity contribution in [2.75, 3.05) is 26.3 Å². The van der Waals surface area contributed by atoms with Crippen LogP contribution in [0, 0.1) is 0 Å². The summed E-state index contributed by atoms with van der Waals surface area (Å²) in [6.07, 6.45) is 2.01. The molecule has 2 unspecified atom stereocenters. The normalized spacial score (nSPS) is 18.8. The van der Waals surface area contributed by atoms with E-state index in [4.69, 9.17) is 9.47 Å². The van der Waals surface area contributed by atoms with Gasteiger partial charge in [0.05, 0.1) is 6.10 Å². The van der Waals surface area contributed by atoms with Crippen molar-refractivity contribution in [3.8, 4) is 5.75 Å². The molecule has 4 nitrogen and oxygen atoms in total. The van der Waals surface area contributed by atoms with Crippen LogP contribution in [0.2, 0.25) is 0 Å². The largest absolute Gasteiger partial charge is 0.491 e. The Hall–Kier alpha value is -1.40. The molecule has 1 aromatic carbocycles. The van der Waals surface area contributed by atoms with E-state index in [1.165, 1.54) is 4.88 Å². The van der Waals surface area contributed by atoms with Gasteiger partial charge >= 0.3 is 0 Å². The highest BCUT2D eigenvalue weighted by molar-refractivity contribution is 7.09. The summed E-state index contributed by atoms with van der Waals surface area (Å²) in [4.78, 5) is 3.59. The van der Waals surface area contributed by atoms with Crippen LogP contribution in [0.15, 0.2) is 47.8 Å². The van der Waals surface area contributed by atoms with Gasteiger partial charge in [-0.2, -0.15) is 0 Å². The van der Waals surface area contributed by atoms with E-state index in [1.807, 2.05) is 30.3 Å². The molecule has 5 heteroatoms. The van der Waals surface area contributed by atoms with Crippen LogP contribution in [0.1, 0.15) is 17.7 Å². The number of aliphatic hydroxyl groups is 1. The molecule has 1 aromatic heterocycles. The molecule has 1 aliphatic rings. The van der Waals surface area contributed by atoms with Crippen molar-refractivity contribution in [1.29, 1.82) is 0 Å². The molecule has 2 atom stereocenters. The van der Waals surface area contributed by atoms with Crippen LogP contribution in [-0.2, 0) is 11.3 Å². The van der Waals surface area contributed by atoms with Gasteiger partial charge in [-0.25, -0.2) is 0 Å². The van der Waals surface area contributed by atoms with Crippen LogP contribution in [0.5, 0.6) is 5.75 Å². The van der Waals surface area contributed by atoms with Gasteiger partial charge in [0.25, 0.3) is 0 Å². The van der Waals surface area contributed by atoms with Crippen LogP contribution in [0.25, 0.3) is 0 Å². The minimum Gasteiger partial charge on any atom is -0.491 e. The molecular formula is C19H25NO3S. The van der Waals surface area contributed by atoms with Crippen molar-refractivity contribution in [2.24, 2.45) is 0 Å². The predicted octanol–water partition coefficient (Wildman–Crippen LogP) is 3.17. The van der Waals surface area contributed by atoms with E-state index in [-0.39, 0.29) is 6.10 Å². The number of hydrogen-bond acceptors (Lipinski definition) is 5. The van der Waals surface area contributed by atoms with Crippen molar-refractivity contribution >= 4 is 11.3 Å². The summed E-state index contributed by atoms with van der Waals surface area (Å²) in [6, 6.07) is 13.8. The number of para-hydroxylation sites is 1. The highest BCUT2D eigenvalue weighted by atomic mass is 32.1. The lowest BCUT2D eigenvalue weighted by atomic mass is 10.2. The van der Waals surface area contributed by atoms with Crippen LogP contribution >= 0.6 is 11.3 Å². The lowest BCUT2D eigenvalue weighted by Crippen LogP contribution is -2.39. The first-order chi connectivity index (χ1) is 11.8. The molecule has 3 rings (SSSR count). The standard InChI is InChI=1S/C19H25NO3S/c21-16(15-23-17-6-2-1-3-7-17)12-20(13-18-8-4-10-22-18)14-19-9-5-11-24-19/h1-3,5-7,9,11,16,18,21H,4,8,10,12-15H2. The van der Waals surface area contributed by atoms with Gasteiger partial charge < -0.3 is 14.6 Å². The van der Waals surface area contributed by atoms with E-state index in [0.717, 1.165) is 38.3 Å². The monoisotopic (exact) mass is 347 g/mol. The Morgan fingerprint density at radius 2 is 2.12 bits per heavy atom. The van der Waals surface area contributed by atoms with E-state index in [1.54, 1.807) is 11.3 Å². The quantitative estimate of drug-likeness (QED) is 0.756. The first kappa shape index (κ1) is 17.4. The third-order valence-corrected chi connectivity index (χ3v) is 4.96. The van der Waals surface area contributed by atoms with E-state index >= 15 is 0 Å². The molecule has 1 saturated heterocycles. The van der Waals surface area contributed by atoms with Gasteiger partial charge in [-0.3, -0.25) is 4.90 Å². The Morgan fingerprint density at radius 1 is 1.25 bits per heavy atom. The van der Waals surface area contributed by atoms with Crippen molar-refractivity contribution in [2.45, 2.75) is 31.6 Å². The van der Waals surface area contributed by atoms with E-state index in [9.17, 15) is 5.11 Å². The molecule has 0 aliphatic carbocycles. The van der Waals surface area contributed by atoms with E-state index in [0.29, 0.717) is 13.2 Å². The summed E-state index contributed by atoms with van der Waals surface area (Å²) in [5, 5.41) is 12.5. The van der Waals surface area contributed by atoms with Gasteiger partial charge in [0.2, 0.25) is 0 Å². The molecule has 0 radical (unpaired) electrons. The third kappa shape index (κ3) is 5.60. The van der Waals surface area contributed by atoms with Crippen molar-refractivity contribution in [1.82, 2.24) is 4.90 Å². The molecule has 0 spiro atoms. The minimum absolute atomic E-state index is 0.284. The highest BCUT2D eigenvalue weighted by Gasteiger charge is 2.21. The van der Waals surface area contributed by atoms with Gasteiger partial charge in [0, 0.05) is 31.1 Å². The van der Waals surface area contributed by atoms with Gasteiger partial charge in [-0.1, -0.05) is 24.3 Å². The smallest absolute Gasteiger partial charge is 0.119 e. The van der Waals surface area contributed by atoms with E-state index < -0.39 is 6.10 Å². The molecule has 1 N–H and O–H groups in total. The molecular weight excluding hydrogens is 322 g/mol. The molecule has 24 heavy (non-hydrogen) atoms. The third-order valence-electron chi connectivity index (χ3n) is 4.10. The van der Waals surface area contributed by atoms with Crippen molar-refractivity contribution < 1.29 is 14.6 Å². The van der Waals surface area contributed by atoms with Crippen LogP contribution < -0.4 is 4.74 Å². The summed E-state index contributed by atoms with van der Waals surface area (Å²) in [7, 11) is 0. The summed E-state index contributed by atoms with van der Waals surface area (Å²) in [5.74, 6) is 0.792. The maximum atomic E-state index is 10.4. The Morgan fingerprint density at radius 3 is 2.83 bits per heavy atom. The fourth-order valence-electron chi connectivity index (χ4n) is 2.96. The Labute approximate surface area is 147 Å². The lowest BCUT2D eigenvalue weighted by Gasteiger charge is -2.27.